The maximum absolute atomic E-state index is 11.1. The number of nitrogens with zero attached hydrogens (tertiary/aromatic N) is 2. The van der Waals surface area contributed by atoms with E-state index in [1.54, 1.807) is 24.5 Å². The molecule has 0 atom stereocenters. The number of benzene rings is 2. The average Bonchev–Trinajstić information content (AvgIpc) is 2.57. The maximum Gasteiger partial charge on any atom is 0.0623 e. The fourth-order valence-corrected chi connectivity index (χ4v) is 2.15. The SMILES string of the molecule is [O-2].[O-2].[O-]c1cccc2cccnc12.[O-]c1cccc2cccnc12.[W]. The van der Waals surface area contributed by atoms with Gasteiger partial charge in [-0.15, -0.1) is 0 Å². The normalized spacial score (nSPS) is 8.96. The van der Waals surface area contributed by atoms with Gasteiger partial charge < -0.3 is 21.2 Å². The molecule has 6 nitrogen and oxygen atoms in total. The van der Waals surface area contributed by atoms with Crippen LogP contribution in [0.2, 0.25) is 0 Å². The van der Waals surface area contributed by atoms with Gasteiger partial charge in [0.1, 0.15) is 0 Å². The summed E-state index contributed by atoms with van der Waals surface area (Å²) in [5, 5.41) is 24.0. The largest absolute Gasteiger partial charge is 2.00 e. The molecule has 0 bridgehead atoms. The first-order chi connectivity index (χ1) is 10.8. The molecule has 4 aromatic rings. The third-order valence-electron chi connectivity index (χ3n) is 3.19. The molecule has 0 N–H and O–H groups in total. The van der Waals surface area contributed by atoms with Crippen molar-refractivity contribution in [3.05, 3.63) is 73.1 Å². The van der Waals surface area contributed by atoms with Gasteiger partial charge in [-0.25, -0.2) is 0 Å². The molecule has 0 aliphatic heterocycles. The average molecular weight is 504 g/mol. The van der Waals surface area contributed by atoms with Crippen LogP contribution in [0.25, 0.3) is 21.8 Å². The molecule has 25 heavy (non-hydrogen) atoms. The zero-order valence-corrected chi connectivity index (χ0v) is 15.8. The monoisotopic (exact) mass is 504 g/mol. The predicted molar refractivity (Wildman–Crippen MR) is 83.8 cm³/mol. The molecule has 0 aliphatic rings. The van der Waals surface area contributed by atoms with Crippen molar-refractivity contribution in [2.45, 2.75) is 0 Å². The smallest absolute Gasteiger partial charge is 0.0623 e. The Morgan fingerprint density at radius 3 is 1.28 bits per heavy atom. The summed E-state index contributed by atoms with van der Waals surface area (Å²) in [5.41, 5.74) is 1.10. The minimum atomic E-state index is -0.0110. The van der Waals surface area contributed by atoms with Gasteiger partial charge in [0.25, 0.3) is 0 Å². The summed E-state index contributed by atoms with van der Waals surface area (Å²) in [6.07, 6.45) is 3.26. The van der Waals surface area contributed by atoms with E-state index in [0.29, 0.717) is 11.0 Å². The molecule has 2 heterocycles. The van der Waals surface area contributed by atoms with E-state index in [1.807, 2.05) is 36.4 Å². The number of para-hydroxylation sites is 2. The van der Waals surface area contributed by atoms with Crippen LogP contribution in [-0.2, 0) is 32.0 Å². The first kappa shape index (κ1) is 22.5. The third kappa shape index (κ3) is 5.22. The summed E-state index contributed by atoms with van der Waals surface area (Å²) in [6, 6.07) is 17.7. The third-order valence-corrected chi connectivity index (χ3v) is 3.19. The molecule has 4 rings (SSSR count). The van der Waals surface area contributed by atoms with Crippen molar-refractivity contribution in [3.8, 4) is 11.5 Å². The fraction of sp³-hybridized carbons (Fsp3) is 0. The fourth-order valence-electron chi connectivity index (χ4n) is 2.15. The molecule has 0 radical (unpaired) electrons. The molecule has 2 aromatic carbocycles. The Labute approximate surface area is 158 Å². The van der Waals surface area contributed by atoms with Crippen molar-refractivity contribution in [1.82, 2.24) is 9.97 Å². The number of aromatic nitrogens is 2. The summed E-state index contributed by atoms with van der Waals surface area (Å²) in [4.78, 5) is 7.94. The summed E-state index contributed by atoms with van der Waals surface area (Å²) >= 11 is 0. The Morgan fingerprint density at radius 2 is 0.920 bits per heavy atom. The molecule has 0 aliphatic carbocycles. The number of hydrogen-bond acceptors (Lipinski definition) is 4. The first-order valence-corrected chi connectivity index (χ1v) is 6.77. The van der Waals surface area contributed by atoms with Crippen LogP contribution in [0.1, 0.15) is 0 Å². The Morgan fingerprint density at radius 1 is 0.560 bits per heavy atom. The van der Waals surface area contributed by atoms with Gasteiger partial charge in [0.15, 0.2) is 0 Å². The van der Waals surface area contributed by atoms with Crippen LogP contribution in [-0.4, -0.2) is 9.97 Å². The van der Waals surface area contributed by atoms with Gasteiger partial charge in [0.2, 0.25) is 0 Å². The van der Waals surface area contributed by atoms with Gasteiger partial charge in [-0.05, 0) is 22.9 Å². The molecular formula is C18H12N2O4W-6. The minimum absolute atomic E-state index is 0. The molecule has 0 amide bonds. The van der Waals surface area contributed by atoms with E-state index < -0.39 is 0 Å². The second kappa shape index (κ2) is 10.4. The van der Waals surface area contributed by atoms with E-state index in [4.69, 9.17) is 0 Å². The second-order valence-electron chi connectivity index (χ2n) is 4.66. The van der Waals surface area contributed by atoms with E-state index in [-0.39, 0.29) is 43.5 Å². The Hall–Kier alpha value is -2.53. The van der Waals surface area contributed by atoms with E-state index in [2.05, 4.69) is 9.97 Å². The molecule has 0 fully saturated rings. The number of hydrogen-bond donors (Lipinski definition) is 0. The van der Waals surface area contributed by atoms with Crippen molar-refractivity contribution >= 4 is 21.8 Å². The van der Waals surface area contributed by atoms with Crippen molar-refractivity contribution in [1.29, 1.82) is 0 Å². The first-order valence-electron chi connectivity index (χ1n) is 6.77. The summed E-state index contributed by atoms with van der Waals surface area (Å²) < 4.78 is 0. The quantitative estimate of drug-likeness (QED) is 0.364. The standard InChI is InChI=1S/2C9H7NO.2O.W/c2*11-8-5-1-3-7-4-2-6-10-9(7)8;;;/h2*1-6,11H;;;/q;;2*-2;/p-2. The summed E-state index contributed by atoms with van der Waals surface area (Å²) in [6.45, 7) is 0. The number of pyridine rings is 2. The van der Waals surface area contributed by atoms with Gasteiger partial charge >= 0.3 is 0 Å². The van der Waals surface area contributed by atoms with E-state index in [1.165, 1.54) is 12.1 Å². The number of fused-ring (bicyclic) bond motifs is 2. The zero-order valence-electron chi connectivity index (χ0n) is 12.9. The molecule has 0 spiro atoms. The zero-order chi connectivity index (χ0) is 15.4. The molecular weight excluding hydrogens is 492 g/mol. The number of rotatable bonds is 0. The molecule has 0 unspecified atom stereocenters. The van der Waals surface area contributed by atoms with Crippen LogP contribution in [0.4, 0.5) is 0 Å². The van der Waals surface area contributed by atoms with Crippen LogP contribution in [0.3, 0.4) is 0 Å². The van der Waals surface area contributed by atoms with E-state index in [0.717, 1.165) is 10.8 Å². The molecule has 7 heteroatoms. The molecule has 0 saturated carbocycles. The Balaban J connectivity index is 0.000000411. The topological polar surface area (TPSA) is 129 Å². The van der Waals surface area contributed by atoms with Crippen LogP contribution in [0.5, 0.6) is 11.5 Å². The second-order valence-corrected chi connectivity index (χ2v) is 4.66. The van der Waals surface area contributed by atoms with Crippen molar-refractivity contribution < 1.29 is 42.2 Å². The molecule has 2 aromatic heterocycles. The van der Waals surface area contributed by atoms with Gasteiger partial charge in [0, 0.05) is 33.5 Å². The Bertz CT molecular complexity index is 847. The Kier molecular flexibility index (Phi) is 9.31. The maximum atomic E-state index is 11.1. The van der Waals surface area contributed by atoms with Crippen LogP contribution >= 0.6 is 0 Å². The van der Waals surface area contributed by atoms with Crippen molar-refractivity contribution in [2.24, 2.45) is 0 Å². The molecule has 130 valence electrons. The summed E-state index contributed by atoms with van der Waals surface area (Å²) in [7, 11) is 0. The van der Waals surface area contributed by atoms with Crippen LogP contribution in [0.15, 0.2) is 73.1 Å². The van der Waals surface area contributed by atoms with Crippen molar-refractivity contribution in [3.63, 3.8) is 0 Å². The van der Waals surface area contributed by atoms with E-state index >= 15 is 0 Å². The van der Waals surface area contributed by atoms with Gasteiger partial charge in [-0.1, -0.05) is 60.0 Å². The minimum Gasteiger partial charge on any atom is -2.00 e. The van der Waals surface area contributed by atoms with Crippen molar-refractivity contribution in [2.75, 3.05) is 0 Å². The van der Waals surface area contributed by atoms with Gasteiger partial charge in [-0.3, -0.25) is 9.97 Å². The summed E-state index contributed by atoms with van der Waals surface area (Å²) in [5.74, 6) is -0.0220. The van der Waals surface area contributed by atoms with Gasteiger partial charge in [0.05, 0.1) is 11.0 Å². The van der Waals surface area contributed by atoms with Crippen LogP contribution in [0, 0.1) is 0 Å². The van der Waals surface area contributed by atoms with Crippen LogP contribution < -0.4 is 10.2 Å². The van der Waals surface area contributed by atoms with E-state index in [9.17, 15) is 10.2 Å². The molecule has 0 saturated heterocycles. The predicted octanol–water partition coefficient (Wildman–Crippen LogP) is 2.38. The van der Waals surface area contributed by atoms with Gasteiger partial charge in [-0.2, -0.15) is 0 Å².